The molecule has 22 heavy (non-hydrogen) atoms. The molecule has 0 amide bonds. The molecule has 116 valence electrons. The minimum absolute atomic E-state index is 0. The maximum atomic E-state index is 12.8. The van der Waals surface area contributed by atoms with Gasteiger partial charge in [-0.05, 0) is 23.4 Å². The minimum atomic E-state index is 0. The lowest BCUT2D eigenvalue weighted by atomic mass is 9.87. The smallest absolute Gasteiger partial charge is 0.195 e. The average molecular weight is 316 g/mol. The number of benzene rings is 2. The molecule has 0 radical (unpaired) electrons. The first-order valence-corrected chi connectivity index (χ1v) is 7.61. The predicted octanol–water partition coefficient (Wildman–Crippen LogP) is 0.910. The second-order valence-electron chi connectivity index (χ2n) is 6.57. The van der Waals surface area contributed by atoms with E-state index >= 15 is 0 Å². The summed E-state index contributed by atoms with van der Waals surface area (Å²) in [4.78, 5) is 12.8. The molecule has 2 nitrogen and oxygen atoms in total. The Hall–Kier alpha value is -1.64. The van der Waals surface area contributed by atoms with Crippen LogP contribution in [-0.2, 0) is 0 Å². The first-order chi connectivity index (χ1) is 10.0. The van der Waals surface area contributed by atoms with Gasteiger partial charge in [-0.3, -0.25) is 4.79 Å². The van der Waals surface area contributed by atoms with Crippen LogP contribution < -0.4 is 12.4 Å². The number of likely N-dealkylation sites (N-methyl/N-ethyl adjacent to an activating group) is 1. The standard InChI is InChI=1S/C19H22NO.ClH/c1-4-11-20(2,3)13-16-12-15-9-5-7-14-8-6-10-17(18(14)15)19(16)21;/h5-10,12H,4,11,13H2,1-3H3;1H/q+1;/p-1. The van der Waals surface area contributed by atoms with Crippen molar-refractivity contribution < 1.29 is 21.7 Å². The summed E-state index contributed by atoms with van der Waals surface area (Å²) in [5.41, 5.74) is 2.96. The van der Waals surface area contributed by atoms with E-state index in [1.54, 1.807) is 0 Å². The predicted molar refractivity (Wildman–Crippen MR) is 88.4 cm³/mol. The zero-order valence-electron chi connectivity index (χ0n) is 13.4. The lowest BCUT2D eigenvalue weighted by molar-refractivity contribution is -0.885. The van der Waals surface area contributed by atoms with Gasteiger partial charge in [0, 0.05) is 10.9 Å². The van der Waals surface area contributed by atoms with Gasteiger partial charge in [-0.1, -0.05) is 43.3 Å². The average Bonchev–Trinajstić information content (AvgIpc) is 2.44. The Morgan fingerprint density at radius 3 is 2.41 bits per heavy atom. The normalized spacial score (nSPS) is 13.8. The van der Waals surface area contributed by atoms with E-state index < -0.39 is 0 Å². The number of nitrogens with zero attached hydrogens (tertiary/aromatic N) is 1. The Bertz CT molecular complexity index is 741. The molecule has 0 aromatic heterocycles. The van der Waals surface area contributed by atoms with Gasteiger partial charge >= 0.3 is 0 Å². The number of hydrogen-bond acceptors (Lipinski definition) is 1. The van der Waals surface area contributed by atoms with Gasteiger partial charge in [0.25, 0.3) is 0 Å². The van der Waals surface area contributed by atoms with E-state index in [9.17, 15) is 4.79 Å². The van der Waals surface area contributed by atoms with Crippen LogP contribution in [0, 0.1) is 0 Å². The van der Waals surface area contributed by atoms with Crippen LogP contribution in [-0.4, -0.2) is 37.5 Å². The van der Waals surface area contributed by atoms with E-state index in [1.165, 1.54) is 5.56 Å². The van der Waals surface area contributed by atoms with Gasteiger partial charge in [0.15, 0.2) is 5.78 Å². The number of Topliss-reactive ketones (excluding diaryl/α,β-unsaturated/α-hetero) is 1. The third-order valence-electron chi connectivity index (χ3n) is 4.23. The summed E-state index contributed by atoms with van der Waals surface area (Å²) in [6.07, 6.45) is 3.22. The van der Waals surface area contributed by atoms with Crippen LogP contribution in [0.25, 0.3) is 16.8 Å². The van der Waals surface area contributed by atoms with Gasteiger partial charge in [-0.2, -0.15) is 0 Å². The van der Waals surface area contributed by atoms with Crippen molar-refractivity contribution in [2.45, 2.75) is 13.3 Å². The lowest BCUT2D eigenvalue weighted by Crippen LogP contribution is -3.00. The number of ketones is 1. The second kappa shape index (κ2) is 6.23. The third kappa shape index (κ3) is 2.94. The van der Waals surface area contributed by atoms with E-state index in [1.807, 2.05) is 12.1 Å². The number of carbonyl (C=O) groups is 1. The third-order valence-corrected chi connectivity index (χ3v) is 4.23. The molecule has 0 fully saturated rings. The molecule has 0 unspecified atom stereocenters. The van der Waals surface area contributed by atoms with Gasteiger partial charge in [-0.25, -0.2) is 0 Å². The fourth-order valence-corrected chi connectivity index (χ4v) is 3.37. The molecular weight excluding hydrogens is 294 g/mol. The highest BCUT2D eigenvalue weighted by molar-refractivity contribution is 6.22. The number of quaternary nitrogens is 1. The SMILES string of the molecule is CCC[N+](C)(C)CC1=Cc2cccc3cccc(c23)C1=O.[Cl-]. The summed E-state index contributed by atoms with van der Waals surface area (Å²) in [6, 6.07) is 12.3. The molecular formula is C19H22ClNO. The topological polar surface area (TPSA) is 17.1 Å². The Morgan fingerprint density at radius 1 is 1.05 bits per heavy atom. The van der Waals surface area contributed by atoms with Crippen LogP contribution in [0.5, 0.6) is 0 Å². The van der Waals surface area contributed by atoms with Gasteiger partial charge in [0.2, 0.25) is 0 Å². The van der Waals surface area contributed by atoms with Crippen molar-refractivity contribution in [2.24, 2.45) is 0 Å². The fraction of sp³-hybridized carbons (Fsp3) is 0.316. The molecule has 1 aliphatic carbocycles. The van der Waals surface area contributed by atoms with Crippen LogP contribution in [0.3, 0.4) is 0 Å². The molecule has 0 saturated heterocycles. The zero-order valence-corrected chi connectivity index (χ0v) is 14.2. The molecule has 0 heterocycles. The summed E-state index contributed by atoms with van der Waals surface area (Å²) in [5.74, 6) is 0.196. The maximum absolute atomic E-state index is 12.8. The molecule has 2 aromatic carbocycles. The van der Waals surface area contributed by atoms with E-state index in [0.29, 0.717) is 0 Å². The number of halogens is 1. The van der Waals surface area contributed by atoms with Crippen molar-refractivity contribution in [1.29, 1.82) is 0 Å². The Labute approximate surface area is 138 Å². The van der Waals surface area contributed by atoms with E-state index in [2.05, 4.69) is 51.4 Å². The van der Waals surface area contributed by atoms with Crippen LogP contribution in [0.1, 0.15) is 29.3 Å². The summed E-state index contributed by atoms with van der Waals surface area (Å²) >= 11 is 0. The van der Waals surface area contributed by atoms with Gasteiger partial charge in [-0.15, -0.1) is 0 Å². The van der Waals surface area contributed by atoms with Crippen LogP contribution in [0.15, 0.2) is 42.0 Å². The molecule has 0 spiro atoms. The van der Waals surface area contributed by atoms with Crippen molar-refractivity contribution >= 4 is 22.6 Å². The quantitative estimate of drug-likeness (QED) is 0.767. The van der Waals surface area contributed by atoms with E-state index in [0.717, 1.165) is 45.9 Å². The van der Waals surface area contributed by atoms with Crippen LogP contribution >= 0.6 is 0 Å². The molecule has 0 bridgehead atoms. The Kier molecular flexibility index (Phi) is 4.74. The largest absolute Gasteiger partial charge is 1.00 e. The van der Waals surface area contributed by atoms with Crippen molar-refractivity contribution in [3.8, 4) is 0 Å². The highest BCUT2D eigenvalue weighted by Crippen LogP contribution is 2.31. The summed E-state index contributed by atoms with van der Waals surface area (Å²) in [6.45, 7) is 4.06. The Morgan fingerprint density at radius 2 is 1.73 bits per heavy atom. The van der Waals surface area contributed by atoms with Gasteiger partial charge in [0.05, 0.1) is 26.2 Å². The van der Waals surface area contributed by atoms with Crippen LogP contribution in [0.2, 0.25) is 0 Å². The maximum Gasteiger partial charge on any atom is 0.195 e. The van der Waals surface area contributed by atoms with Gasteiger partial charge < -0.3 is 16.9 Å². The molecule has 0 aliphatic heterocycles. The van der Waals surface area contributed by atoms with Crippen molar-refractivity contribution in [2.75, 3.05) is 27.2 Å². The van der Waals surface area contributed by atoms with Crippen molar-refractivity contribution in [3.63, 3.8) is 0 Å². The minimum Gasteiger partial charge on any atom is -1.00 e. The molecule has 3 heteroatoms. The monoisotopic (exact) mass is 315 g/mol. The Balaban J connectivity index is 0.00000176. The van der Waals surface area contributed by atoms with Crippen molar-refractivity contribution in [3.05, 3.63) is 53.1 Å². The summed E-state index contributed by atoms with van der Waals surface area (Å²) in [5, 5.41) is 2.26. The highest BCUT2D eigenvalue weighted by atomic mass is 35.5. The van der Waals surface area contributed by atoms with E-state index in [4.69, 9.17) is 0 Å². The summed E-state index contributed by atoms with van der Waals surface area (Å²) < 4.78 is 0.853. The second-order valence-corrected chi connectivity index (χ2v) is 6.57. The summed E-state index contributed by atoms with van der Waals surface area (Å²) in [7, 11) is 4.39. The first kappa shape index (κ1) is 16.7. The number of hydrogen-bond donors (Lipinski definition) is 0. The molecule has 1 aliphatic rings. The fourth-order valence-electron chi connectivity index (χ4n) is 3.37. The molecule has 0 saturated carbocycles. The highest BCUT2D eigenvalue weighted by Gasteiger charge is 2.26. The molecule has 3 rings (SSSR count). The molecule has 0 N–H and O–H groups in total. The zero-order chi connectivity index (χ0) is 15.0. The lowest BCUT2D eigenvalue weighted by Gasteiger charge is -2.31. The van der Waals surface area contributed by atoms with Crippen LogP contribution in [0.4, 0.5) is 0 Å². The number of carbonyl (C=O) groups excluding carboxylic acids is 1. The van der Waals surface area contributed by atoms with E-state index in [-0.39, 0.29) is 18.2 Å². The van der Waals surface area contributed by atoms with Crippen molar-refractivity contribution in [1.82, 2.24) is 0 Å². The number of rotatable bonds is 4. The first-order valence-electron chi connectivity index (χ1n) is 7.61. The van der Waals surface area contributed by atoms with Gasteiger partial charge in [0.1, 0.15) is 6.54 Å². The molecule has 2 aromatic rings. The molecule has 0 atom stereocenters.